The number of hydrogen-bond acceptors (Lipinski definition) is 1. The summed E-state index contributed by atoms with van der Waals surface area (Å²) in [5, 5.41) is 2.63. The second-order valence-corrected chi connectivity index (χ2v) is 10.5. The molecule has 0 saturated heterocycles. The lowest BCUT2D eigenvalue weighted by atomic mass is 9.45. The normalized spacial score (nSPS) is 12.6. The van der Waals surface area contributed by atoms with E-state index < -0.39 is 0 Å². The van der Waals surface area contributed by atoms with Gasteiger partial charge in [-0.3, -0.25) is 0 Å². The van der Waals surface area contributed by atoms with E-state index >= 15 is 0 Å². The number of fused-ring (bicyclic) bond motifs is 7. The lowest BCUT2D eigenvalue weighted by molar-refractivity contribution is 1.28. The monoisotopic (exact) mass is 494 g/mol. The Kier molecular flexibility index (Phi) is 4.17. The van der Waals surface area contributed by atoms with Crippen LogP contribution in [0.5, 0.6) is 0 Å². The van der Waals surface area contributed by atoms with Crippen molar-refractivity contribution < 1.29 is 0 Å². The van der Waals surface area contributed by atoms with Crippen LogP contribution in [0.25, 0.3) is 44.1 Å². The van der Waals surface area contributed by atoms with Crippen LogP contribution in [0.3, 0.4) is 0 Å². The Labute approximate surface area is 227 Å². The number of hydrogen-bond donors (Lipinski definition) is 0. The van der Waals surface area contributed by atoms with Crippen molar-refractivity contribution in [3.63, 3.8) is 0 Å². The van der Waals surface area contributed by atoms with Gasteiger partial charge in [-0.2, -0.15) is 0 Å². The Morgan fingerprint density at radius 2 is 0.949 bits per heavy atom. The van der Waals surface area contributed by atoms with Crippen molar-refractivity contribution in [2.45, 2.75) is 0 Å². The van der Waals surface area contributed by atoms with Gasteiger partial charge in [0, 0.05) is 50.0 Å². The van der Waals surface area contributed by atoms with Crippen LogP contribution in [0.2, 0.25) is 0 Å². The van der Waals surface area contributed by atoms with Crippen LogP contribution < -0.4 is 15.8 Å². The van der Waals surface area contributed by atoms with Gasteiger partial charge >= 0.3 is 6.85 Å². The van der Waals surface area contributed by atoms with Crippen molar-refractivity contribution in [1.29, 1.82) is 0 Å². The Bertz CT molecular complexity index is 2040. The molecule has 0 saturated carbocycles. The van der Waals surface area contributed by atoms with Crippen LogP contribution in [0, 0.1) is 0 Å². The molecule has 2 aliphatic heterocycles. The van der Waals surface area contributed by atoms with Gasteiger partial charge in [-0.15, -0.1) is 0 Å². The molecule has 0 bridgehead atoms. The molecule has 9 rings (SSSR count). The molecule has 3 heteroatoms. The zero-order valence-electron chi connectivity index (χ0n) is 21.3. The van der Waals surface area contributed by atoms with Gasteiger partial charge in [-0.1, -0.05) is 103 Å². The van der Waals surface area contributed by atoms with Crippen LogP contribution in [0.4, 0.5) is 17.1 Å². The first-order valence-electron chi connectivity index (χ1n) is 13.6. The van der Waals surface area contributed by atoms with Crippen LogP contribution in [-0.4, -0.2) is 11.3 Å². The summed E-state index contributed by atoms with van der Waals surface area (Å²) in [4.78, 5) is 2.38. The largest absolute Gasteiger partial charge is 0.375 e. The summed E-state index contributed by atoms with van der Waals surface area (Å²) in [6.45, 7) is 0.171. The molecule has 1 aromatic heterocycles. The molecule has 0 amide bonds. The number of aromatic nitrogens is 1. The standard InChI is InChI=1S/C36H23BN2/c1-3-12-24(13-4-1)38(25-14-5-2-6-15-25)26-22-31-28-17-8-10-21-34(28)37-33-20-9-7-16-27(33)29-18-11-19-30-32(23-26)36(31)39(37)35(29)30/h1-23H. The van der Waals surface area contributed by atoms with E-state index in [4.69, 9.17) is 0 Å². The molecule has 7 aromatic rings. The highest BCUT2D eigenvalue weighted by Crippen LogP contribution is 2.47. The first-order valence-corrected chi connectivity index (χ1v) is 13.6. The molecule has 180 valence electrons. The molecule has 0 N–H and O–H groups in total. The Morgan fingerprint density at radius 3 is 1.62 bits per heavy atom. The van der Waals surface area contributed by atoms with Gasteiger partial charge in [0.05, 0.1) is 0 Å². The molecule has 2 aliphatic rings. The van der Waals surface area contributed by atoms with Crippen molar-refractivity contribution >= 4 is 56.6 Å². The fraction of sp³-hybridized carbons (Fsp3) is 0. The predicted molar refractivity (Wildman–Crippen MR) is 165 cm³/mol. The molecule has 0 atom stereocenters. The first-order chi connectivity index (χ1) is 19.4. The number of nitrogens with zero attached hydrogens (tertiary/aromatic N) is 2. The van der Waals surface area contributed by atoms with E-state index in [1.165, 1.54) is 60.7 Å². The third kappa shape index (κ3) is 2.77. The molecule has 0 fully saturated rings. The second-order valence-electron chi connectivity index (χ2n) is 10.5. The summed E-state index contributed by atoms with van der Waals surface area (Å²) >= 11 is 0. The minimum Gasteiger partial charge on any atom is -0.375 e. The van der Waals surface area contributed by atoms with Gasteiger partial charge in [-0.05, 0) is 58.5 Å². The van der Waals surface area contributed by atoms with Gasteiger partial charge in [0.2, 0.25) is 0 Å². The maximum Gasteiger partial charge on any atom is 0.329 e. The van der Waals surface area contributed by atoms with Crippen LogP contribution in [0.1, 0.15) is 0 Å². The topological polar surface area (TPSA) is 8.17 Å². The maximum atomic E-state index is 2.62. The third-order valence-electron chi connectivity index (χ3n) is 8.54. The van der Waals surface area contributed by atoms with Gasteiger partial charge in [0.15, 0.2) is 0 Å². The minimum absolute atomic E-state index is 0.171. The lowest BCUT2D eigenvalue weighted by Gasteiger charge is -2.33. The molecule has 0 radical (unpaired) electrons. The van der Waals surface area contributed by atoms with Crippen LogP contribution in [-0.2, 0) is 0 Å². The van der Waals surface area contributed by atoms with Crippen LogP contribution >= 0.6 is 0 Å². The van der Waals surface area contributed by atoms with E-state index in [2.05, 4.69) is 149 Å². The Balaban J connectivity index is 1.45. The van der Waals surface area contributed by atoms with E-state index in [0.717, 1.165) is 11.4 Å². The molecule has 0 aliphatic carbocycles. The molecule has 6 aromatic carbocycles. The Morgan fingerprint density at radius 1 is 0.410 bits per heavy atom. The molecule has 3 heterocycles. The summed E-state index contributed by atoms with van der Waals surface area (Å²) in [5.74, 6) is 0. The Hall–Kier alpha value is -5.02. The molecule has 0 spiro atoms. The van der Waals surface area contributed by atoms with Crippen LogP contribution in [0.15, 0.2) is 140 Å². The first kappa shape index (κ1) is 21.0. The van der Waals surface area contributed by atoms with Crippen molar-refractivity contribution in [3.05, 3.63) is 140 Å². The number of anilines is 3. The third-order valence-corrected chi connectivity index (χ3v) is 8.54. The summed E-state index contributed by atoms with van der Waals surface area (Å²) in [6, 6.07) is 51.0. The molecular weight excluding hydrogens is 471 g/mol. The summed E-state index contributed by atoms with van der Waals surface area (Å²) < 4.78 is 2.62. The van der Waals surface area contributed by atoms with Crippen molar-refractivity contribution in [2.75, 3.05) is 4.90 Å². The number of benzene rings is 6. The summed E-state index contributed by atoms with van der Waals surface area (Å²) in [6.07, 6.45) is 0. The maximum absolute atomic E-state index is 2.62. The molecule has 0 unspecified atom stereocenters. The summed E-state index contributed by atoms with van der Waals surface area (Å²) in [5.41, 5.74) is 14.2. The minimum atomic E-state index is 0.171. The lowest BCUT2D eigenvalue weighted by Crippen LogP contribution is -2.53. The van der Waals surface area contributed by atoms with Crippen molar-refractivity contribution in [3.8, 4) is 22.3 Å². The fourth-order valence-electron chi connectivity index (χ4n) is 7.03. The summed E-state index contributed by atoms with van der Waals surface area (Å²) in [7, 11) is 0. The van der Waals surface area contributed by atoms with E-state index in [1.54, 1.807) is 0 Å². The van der Waals surface area contributed by atoms with Crippen molar-refractivity contribution in [2.24, 2.45) is 0 Å². The highest BCUT2D eigenvalue weighted by molar-refractivity contribution is 6.88. The van der Waals surface area contributed by atoms with E-state index in [-0.39, 0.29) is 6.85 Å². The number of rotatable bonds is 3. The van der Waals surface area contributed by atoms with Gasteiger partial charge in [0.1, 0.15) is 0 Å². The van der Waals surface area contributed by atoms with E-state index in [0.29, 0.717) is 0 Å². The van der Waals surface area contributed by atoms with E-state index in [9.17, 15) is 0 Å². The molecule has 2 nitrogen and oxygen atoms in total. The average Bonchev–Trinajstić information content (AvgIpc) is 3.34. The zero-order chi connectivity index (χ0) is 25.5. The van der Waals surface area contributed by atoms with Crippen molar-refractivity contribution in [1.82, 2.24) is 4.48 Å². The van der Waals surface area contributed by atoms with Gasteiger partial charge < -0.3 is 9.38 Å². The highest BCUT2D eigenvalue weighted by Gasteiger charge is 2.39. The van der Waals surface area contributed by atoms with Gasteiger partial charge in [-0.25, -0.2) is 0 Å². The fourth-order valence-corrected chi connectivity index (χ4v) is 7.03. The molecular formula is C36H23BN2. The van der Waals surface area contributed by atoms with E-state index in [1.807, 2.05) is 0 Å². The predicted octanol–water partition coefficient (Wildman–Crippen LogP) is 7.88. The molecule has 39 heavy (non-hydrogen) atoms. The quantitative estimate of drug-likeness (QED) is 0.227. The zero-order valence-corrected chi connectivity index (χ0v) is 21.3. The SMILES string of the molecule is c1ccc(N(c2ccccc2)c2cc3c4c(c2)c2cccc5c2n4B(c2ccccc2-5)c2ccccc2-3)cc1. The average molecular weight is 494 g/mol. The highest BCUT2D eigenvalue weighted by atomic mass is 15.1. The smallest absolute Gasteiger partial charge is 0.329 e. The second kappa shape index (κ2) is 7.75. The van der Waals surface area contributed by atoms with Gasteiger partial charge in [0.25, 0.3) is 0 Å². The number of para-hydroxylation sites is 3.